The largest absolute Gasteiger partial charge is 0.328 e. The van der Waals surface area contributed by atoms with Gasteiger partial charge in [0.05, 0.1) is 0 Å². The molecule has 0 saturated carbocycles. The number of anilines is 1. The monoisotopic (exact) mass is 261 g/mol. The Balaban J connectivity index is 2.92. The highest BCUT2D eigenvalue weighted by Gasteiger charge is 2.19. The molecule has 1 aromatic heterocycles. The van der Waals surface area contributed by atoms with Gasteiger partial charge in [0.15, 0.2) is 6.07 Å². The Morgan fingerprint density at radius 1 is 1.50 bits per heavy atom. The molecule has 0 fully saturated rings. The third kappa shape index (κ3) is 2.72. The first-order valence-electron chi connectivity index (χ1n) is 3.50. The van der Waals surface area contributed by atoms with Crippen LogP contribution in [0, 0.1) is 11.3 Å². The zero-order valence-electron chi connectivity index (χ0n) is 7.37. The fourth-order valence-electron chi connectivity index (χ4n) is 0.608. The number of hydrogen-bond donors (Lipinski definition) is 2. The molecule has 1 heterocycles. The number of aromatic nitrogens is 2. The minimum Gasteiger partial charge on any atom is -0.288 e. The molecule has 2 N–H and O–H groups in total. The summed E-state index contributed by atoms with van der Waals surface area (Å²) >= 11 is 0.509. The Kier molecular flexibility index (Phi) is 3.48. The minimum atomic E-state index is -4.04. The first-order chi connectivity index (χ1) is 7.49. The molecule has 2 amide bonds. The first kappa shape index (κ1) is 12.0. The van der Waals surface area contributed by atoms with E-state index in [1.807, 2.05) is 5.32 Å². The van der Waals surface area contributed by atoms with Gasteiger partial charge >= 0.3 is 5.91 Å². The van der Waals surface area contributed by atoms with Crippen LogP contribution in [0.5, 0.6) is 0 Å². The number of nitrogens with one attached hydrogen (secondary N) is 2. The molecule has 1 rings (SSSR count). The number of carbonyl (C=O) groups is 2. The maximum atomic E-state index is 11.2. The highest BCUT2D eigenvalue weighted by atomic mass is 32.2. The van der Waals surface area contributed by atoms with E-state index in [-0.39, 0.29) is 11.5 Å². The Morgan fingerprint density at radius 2 is 2.19 bits per heavy atom. The van der Waals surface area contributed by atoms with Gasteiger partial charge in [-0.05, 0) is 0 Å². The second kappa shape index (κ2) is 4.64. The molecular weight excluding hydrogens is 258 g/mol. The zero-order chi connectivity index (χ0) is 12.2. The average molecular weight is 261 g/mol. The number of nitriles is 1. The molecule has 11 heteroatoms. The number of hydrogen-bond acceptors (Lipinski definition) is 8. The van der Waals surface area contributed by atoms with Gasteiger partial charge < -0.3 is 0 Å². The molecule has 84 valence electrons. The molecule has 0 radical (unpaired) electrons. The molecule has 9 nitrogen and oxygen atoms in total. The Labute approximate surface area is 93.2 Å². The van der Waals surface area contributed by atoms with Crippen molar-refractivity contribution < 1.29 is 18.0 Å². The van der Waals surface area contributed by atoms with Crippen LogP contribution < -0.4 is 10.0 Å². The van der Waals surface area contributed by atoms with E-state index in [4.69, 9.17) is 5.26 Å². The second-order valence-electron chi connectivity index (χ2n) is 2.18. The topological polar surface area (TPSA) is 142 Å². The summed E-state index contributed by atoms with van der Waals surface area (Å²) in [6.07, 6.45) is -0.0235. The van der Waals surface area contributed by atoms with E-state index in [1.165, 1.54) is 6.07 Å². The van der Waals surface area contributed by atoms with Gasteiger partial charge in [0, 0.05) is 0 Å². The van der Waals surface area contributed by atoms with Crippen molar-refractivity contribution in [1.29, 1.82) is 5.26 Å². The van der Waals surface area contributed by atoms with E-state index in [0.717, 1.165) is 0 Å². The van der Waals surface area contributed by atoms with Crippen molar-refractivity contribution >= 4 is 38.8 Å². The summed E-state index contributed by atoms with van der Waals surface area (Å²) in [5, 5.41) is 16.5. The molecule has 0 aliphatic carbocycles. The van der Waals surface area contributed by atoms with Crippen molar-refractivity contribution in [2.24, 2.45) is 0 Å². The smallest absolute Gasteiger partial charge is 0.288 e. The van der Waals surface area contributed by atoms with Crippen LogP contribution in [0.15, 0.2) is 4.34 Å². The summed E-state index contributed by atoms with van der Waals surface area (Å²) in [5.74, 6) is -0.997. The number of rotatable bonds is 4. The Morgan fingerprint density at radius 3 is 2.75 bits per heavy atom. The summed E-state index contributed by atoms with van der Waals surface area (Å²) < 4.78 is 23.4. The average Bonchev–Trinajstić information content (AvgIpc) is 2.66. The van der Waals surface area contributed by atoms with Crippen LogP contribution in [-0.4, -0.2) is 30.9 Å². The molecule has 0 unspecified atom stereocenters. The van der Waals surface area contributed by atoms with Crippen LogP contribution in [0.1, 0.15) is 0 Å². The van der Waals surface area contributed by atoms with Gasteiger partial charge in [0.25, 0.3) is 14.4 Å². The number of carbonyl (C=O) groups excluding carboxylic acids is 2. The quantitative estimate of drug-likeness (QED) is 0.379. The maximum absolute atomic E-state index is 11.2. The molecule has 0 spiro atoms. The number of sulfonamides is 1. The predicted molar refractivity (Wildman–Crippen MR) is 50.5 cm³/mol. The Bertz CT molecular complexity index is 556. The van der Waals surface area contributed by atoms with Crippen LogP contribution in [0.3, 0.4) is 0 Å². The normalized spacial score (nSPS) is 10.2. The van der Waals surface area contributed by atoms with Crippen LogP contribution in [0.25, 0.3) is 0 Å². The third-order valence-corrected chi connectivity index (χ3v) is 3.65. The lowest BCUT2D eigenvalue weighted by Crippen LogP contribution is -2.21. The SMILES string of the molecule is N#CC(=O)Nc1nnc(S(=O)(=O)NC=O)s1. The lowest BCUT2D eigenvalue weighted by molar-refractivity contribution is -0.111. The van der Waals surface area contributed by atoms with E-state index in [1.54, 1.807) is 4.72 Å². The lowest BCUT2D eigenvalue weighted by Gasteiger charge is -1.93. The molecular formula is C5H3N5O4S2. The molecule has 0 atom stereocenters. The zero-order valence-corrected chi connectivity index (χ0v) is 9.00. The Hall–Kier alpha value is -2.06. The molecule has 1 aromatic rings. The highest BCUT2D eigenvalue weighted by molar-refractivity contribution is 7.92. The van der Waals surface area contributed by atoms with Crippen molar-refractivity contribution in [2.45, 2.75) is 4.34 Å². The second-order valence-corrected chi connectivity index (χ2v) is 5.04. The van der Waals surface area contributed by atoms with E-state index in [2.05, 4.69) is 10.2 Å². The van der Waals surface area contributed by atoms with Gasteiger partial charge in [-0.3, -0.25) is 14.9 Å². The first-order valence-corrected chi connectivity index (χ1v) is 5.80. The van der Waals surface area contributed by atoms with Crippen molar-refractivity contribution in [3.63, 3.8) is 0 Å². The van der Waals surface area contributed by atoms with Gasteiger partial charge in [-0.1, -0.05) is 11.3 Å². The molecule has 0 aliphatic rings. The van der Waals surface area contributed by atoms with E-state index in [9.17, 15) is 18.0 Å². The molecule has 16 heavy (non-hydrogen) atoms. The van der Waals surface area contributed by atoms with Crippen LogP contribution in [-0.2, 0) is 19.6 Å². The minimum absolute atomic E-state index is 0.0235. The van der Waals surface area contributed by atoms with Crippen molar-refractivity contribution in [3.05, 3.63) is 0 Å². The lowest BCUT2D eigenvalue weighted by atomic mass is 10.7. The fraction of sp³-hybridized carbons (Fsp3) is 0. The standard InChI is InChI=1S/C5H3N5O4S2/c6-1-3(12)8-4-9-10-5(15-4)16(13,14)7-2-11/h2H,(H,7,11)(H,8,9,12). The summed E-state index contributed by atoms with van der Waals surface area (Å²) in [4.78, 5) is 20.6. The van der Waals surface area contributed by atoms with Crippen molar-refractivity contribution in [3.8, 4) is 6.07 Å². The van der Waals surface area contributed by atoms with Crippen LogP contribution in [0.2, 0.25) is 0 Å². The van der Waals surface area contributed by atoms with Gasteiger partial charge in [-0.25, -0.2) is 4.72 Å². The van der Waals surface area contributed by atoms with Crippen molar-refractivity contribution in [1.82, 2.24) is 14.9 Å². The van der Waals surface area contributed by atoms with E-state index >= 15 is 0 Å². The highest BCUT2D eigenvalue weighted by Crippen LogP contribution is 2.18. The molecule has 0 bridgehead atoms. The van der Waals surface area contributed by atoms with Gasteiger partial charge in [-0.2, -0.15) is 13.7 Å². The summed E-state index contributed by atoms with van der Waals surface area (Å²) in [5.41, 5.74) is 0. The molecule has 0 aromatic carbocycles. The van der Waals surface area contributed by atoms with Crippen LogP contribution >= 0.6 is 11.3 Å². The predicted octanol–water partition coefficient (Wildman–Crippen LogP) is -1.57. The number of amides is 2. The molecule has 0 saturated heterocycles. The van der Waals surface area contributed by atoms with Crippen LogP contribution in [0.4, 0.5) is 5.13 Å². The van der Waals surface area contributed by atoms with Crippen molar-refractivity contribution in [2.75, 3.05) is 5.32 Å². The summed E-state index contributed by atoms with van der Waals surface area (Å²) in [7, 11) is -4.04. The fourth-order valence-corrected chi connectivity index (χ4v) is 2.28. The van der Waals surface area contributed by atoms with Gasteiger partial charge in [-0.15, -0.1) is 10.2 Å². The summed E-state index contributed by atoms with van der Waals surface area (Å²) in [6, 6.07) is 1.25. The summed E-state index contributed by atoms with van der Waals surface area (Å²) in [6.45, 7) is 0. The number of nitrogens with zero attached hydrogens (tertiary/aromatic N) is 3. The van der Waals surface area contributed by atoms with E-state index in [0.29, 0.717) is 11.3 Å². The molecule has 0 aliphatic heterocycles. The van der Waals surface area contributed by atoms with Gasteiger partial charge in [0.1, 0.15) is 0 Å². The van der Waals surface area contributed by atoms with Gasteiger partial charge in [0.2, 0.25) is 11.5 Å². The third-order valence-electron chi connectivity index (χ3n) is 1.16. The van der Waals surface area contributed by atoms with E-state index < -0.39 is 20.3 Å². The maximum Gasteiger partial charge on any atom is 0.328 e.